The van der Waals surface area contributed by atoms with Crippen molar-refractivity contribution >= 4 is 43.9 Å². The first-order valence-corrected chi connectivity index (χ1v) is 18.7. The maximum absolute atomic E-state index is 6.62. The normalized spacial score (nSPS) is 11.6. The van der Waals surface area contributed by atoms with Crippen LogP contribution in [0.1, 0.15) is 0 Å². The van der Waals surface area contributed by atoms with Crippen LogP contribution in [0.5, 0.6) is 0 Å². The van der Waals surface area contributed by atoms with Gasteiger partial charge in [0.15, 0.2) is 17.5 Å². The van der Waals surface area contributed by atoms with Gasteiger partial charge in [-0.25, -0.2) is 15.0 Å². The molecule has 0 saturated carbocycles. The van der Waals surface area contributed by atoms with E-state index >= 15 is 0 Å². The van der Waals surface area contributed by atoms with Crippen LogP contribution in [0.2, 0.25) is 0 Å². The zero-order valence-corrected chi connectivity index (χ0v) is 30.1. The van der Waals surface area contributed by atoms with E-state index in [2.05, 4.69) is 127 Å². The molecule has 0 radical (unpaired) electrons. The summed E-state index contributed by atoms with van der Waals surface area (Å²) in [4.78, 5) is 14.9. The van der Waals surface area contributed by atoms with Gasteiger partial charge < -0.3 is 8.83 Å². The summed E-state index contributed by atoms with van der Waals surface area (Å²) in [7, 11) is 0. The number of aromatic nitrogens is 3. The molecule has 8 aromatic carbocycles. The maximum Gasteiger partial charge on any atom is 0.164 e. The van der Waals surface area contributed by atoms with E-state index in [1.54, 1.807) is 0 Å². The quantitative estimate of drug-likeness (QED) is 0.171. The average molecular weight is 718 g/mol. The van der Waals surface area contributed by atoms with E-state index in [1.165, 1.54) is 0 Å². The Morgan fingerprint density at radius 2 is 0.750 bits per heavy atom. The van der Waals surface area contributed by atoms with E-state index in [1.807, 2.05) is 60.7 Å². The first kappa shape index (κ1) is 31.9. The molecule has 262 valence electrons. The van der Waals surface area contributed by atoms with E-state index in [0.29, 0.717) is 17.5 Å². The number of hydrogen-bond donors (Lipinski definition) is 0. The van der Waals surface area contributed by atoms with Gasteiger partial charge in [0, 0.05) is 43.8 Å². The van der Waals surface area contributed by atoms with Crippen LogP contribution in [-0.4, -0.2) is 15.0 Å². The fourth-order valence-corrected chi connectivity index (χ4v) is 7.79. The lowest BCUT2D eigenvalue weighted by Gasteiger charge is -2.09. The molecular formula is C51H31N3O2. The number of benzene rings is 8. The summed E-state index contributed by atoms with van der Waals surface area (Å²) in [5.41, 5.74) is 12.6. The molecule has 0 atom stereocenters. The Bertz CT molecular complexity index is 3220. The predicted octanol–water partition coefficient (Wildman–Crippen LogP) is 13.7. The van der Waals surface area contributed by atoms with Crippen LogP contribution in [0.15, 0.2) is 197 Å². The summed E-state index contributed by atoms with van der Waals surface area (Å²) in [6.07, 6.45) is 0. The summed E-state index contributed by atoms with van der Waals surface area (Å²) in [6.45, 7) is 0. The molecule has 0 aliphatic rings. The smallest absolute Gasteiger partial charge is 0.164 e. The number of fused-ring (bicyclic) bond motifs is 6. The Morgan fingerprint density at radius 3 is 1.43 bits per heavy atom. The van der Waals surface area contributed by atoms with Crippen molar-refractivity contribution in [1.29, 1.82) is 0 Å². The lowest BCUT2D eigenvalue weighted by molar-refractivity contribution is 0.668. The molecule has 11 aromatic rings. The number of rotatable bonds is 6. The lowest BCUT2D eigenvalue weighted by Crippen LogP contribution is -2.00. The van der Waals surface area contributed by atoms with Crippen molar-refractivity contribution in [3.63, 3.8) is 0 Å². The molecule has 0 aliphatic heterocycles. The van der Waals surface area contributed by atoms with Gasteiger partial charge >= 0.3 is 0 Å². The molecule has 0 bridgehead atoms. The van der Waals surface area contributed by atoms with Gasteiger partial charge in [0.2, 0.25) is 0 Å². The van der Waals surface area contributed by atoms with Gasteiger partial charge in [0.25, 0.3) is 0 Å². The molecule has 0 spiro atoms. The maximum atomic E-state index is 6.62. The second-order valence-electron chi connectivity index (χ2n) is 14.0. The molecule has 56 heavy (non-hydrogen) atoms. The van der Waals surface area contributed by atoms with Gasteiger partial charge in [0.05, 0.1) is 0 Å². The molecule has 5 nitrogen and oxygen atoms in total. The summed E-state index contributed by atoms with van der Waals surface area (Å²) >= 11 is 0. The summed E-state index contributed by atoms with van der Waals surface area (Å²) in [5, 5.41) is 4.27. The number of furan rings is 2. The van der Waals surface area contributed by atoms with Crippen LogP contribution >= 0.6 is 0 Å². The fourth-order valence-electron chi connectivity index (χ4n) is 7.79. The SMILES string of the molecule is c1ccc(-c2ccc(-c3nc(-c4ccccc4)nc(-c4ccc5c(c4)oc4cc(-c6ccc(-c7ccccc7)c7c6oc6ccccc67)ccc45)n3)cc2)cc1. The highest BCUT2D eigenvalue weighted by Crippen LogP contribution is 2.43. The van der Waals surface area contributed by atoms with Gasteiger partial charge in [-0.2, -0.15) is 0 Å². The minimum atomic E-state index is 0.579. The molecule has 0 unspecified atom stereocenters. The van der Waals surface area contributed by atoms with Crippen molar-refractivity contribution in [2.24, 2.45) is 0 Å². The van der Waals surface area contributed by atoms with Crippen molar-refractivity contribution in [1.82, 2.24) is 15.0 Å². The Kier molecular flexibility index (Phi) is 7.42. The second-order valence-corrected chi connectivity index (χ2v) is 14.0. The molecule has 5 heteroatoms. The van der Waals surface area contributed by atoms with Gasteiger partial charge in [-0.1, -0.05) is 152 Å². The molecule has 0 saturated heterocycles. The minimum absolute atomic E-state index is 0.579. The van der Waals surface area contributed by atoms with Crippen LogP contribution < -0.4 is 0 Å². The van der Waals surface area contributed by atoms with Crippen molar-refractivity contribution in [3.8, 4) is 67.5 Å². The summed E-state index contributed by atoms with van der Waals surface area (Å²) in [6, 6.07) is 64.5. The van der Waals surface area contributed by atoms with E-state index in [0.717, 1.165) is 93.9 Å². The summed E-state index contributed by atoms with van der Waals surface area (Å²) in [5.74, 6) is 1.80. The molecule has 3 aromatic heterocycles. The topological polar surface area (TPSA) is 65.0 Å². The first-order valence-electron chi connectivity index (χ1n) is 18.7. The Balaban J connectivity index is 1.01. The summed E-state index contributed by atoms with van der Waals surface area (Å²) < 4.78 is 13.2. The van der Waals surface area contributed by atoms with E-state index < -0.39 is 0 Å². The van der Waals surface area contributed by atoms with Crippen LogP contribution in [-0.2, 0) is 0 Å². The zero-order valence-electron chi connectivity index (χ0n) is 30.1. The number of para-hydroxylation sites is 1. The monoisotopic (exact) mass is 717 g/mol. The Morgan fingerprint density at radius 1 is 0.286 bits per heavy atom. The second kappa shape index (κ2) is 13.0. The molecule has 0 aliphatic carbocycles. The standard InChI is InChI=1S/C51H31N3O2/c1-4-12-32(13-5-1)33-20-22-36(23-21-33)50-52-49(35-16-8-3-9-17-35)53-51(54-50)38-25-27-42-41-26-24-37(30-45(41)55-46(42)31-38)40-29-28-39(34-14-6-2-7-15-34)47-43-18-10-11-19-44(43)56-48(40)47/h1-31H. The fraction of sp³-hybridized carbons (Fsp3) is 0. The molecule has 3 heterocycles. The highest BCUT2D eigenvalue weighted by Gasteiger charge is 2.19. The van der Waals surface area contributed by atoms with Gasteiger partial charge in [0.1, 0.15) is 22.3 Å². The third-order valence-electron chi connectivity index (χ3n) is 10.6. The minimum Gasteiger partial charge on any atom is -0.456 e. The van der Waals surface area contributed by atoms with Crippen LogP contribution in [0, 0.1) is 0 Å². The van der Waals surface area contributed by atoms with E-state index in [9.17, 15) is 0 Å². The Labute approximate surface area is 322 Å². The van der Waals surface area contributed by atoms with E-state index in [4.69, 9.17) is 23.8 Å². The predicted molar refractivity (Wildman–Crippen MR) is 227 cm³/mol. The molecule has 0 fully saturated rings. The van der Waals surface area contributed by atoms with Crippen molar-refractivity contribution < 1.29 is 8.83 Å². The molecule has 11 rings (SSSR count). The highest BCUT2D eigenvalue weighted by atomic mass is 16.3. The largest absolute Gasteiger partial charge is 0.456 e. The van der Waals surface area contributed by atoms with Crippen LogP contribution in [0.3, 0.4) is 0 Å². The van der Waals surface area contributed by atoms with Crippen molar-refractivity contribution in [3.05, 3.63) is 188 Å². The van der Waals surface area contributed by atoms with Crippen molar-refractivity contribution in [2.45, 2.75) is 0 Å². The highest BCUT2D eigenvalue weighted by molar-refractivity contribution is 6.17. The average Bonchev–Trinajstić information content (AvgIpc) is 3.85. The molecular weight excluding hydrogens is 687 g/mol. The van der Waals surface area contributed by atoms with Crippen molar-refractivity contribution in [2.75, 3.05) is 0 Å². The van der Waals surface area contributed by atoms with Crippen LogP contribution in [0.4, 0.5) is 0 Å². The first-order chi connectivity index (χ1) is 27.7. The number of nitrogens with zero attached hydrogens (tertiary/aromatic N) is 3. The van der Waals surface area contributed by atoms with Gasteiger partial charge in [-0.3, -0.25) is 0 Å². The zero-order chi connectivity index (χ0) is 37.0. The molecule has 0 N–H and O–H groups in total. The van der Waals surface area contributed by atoms with Gasteiger partial charge in [-0.05, 0) is 64.2 Å². The van der Waals surface area contributed by atoms with E-state index in [-0.39, 0.29) is 0 Å². The lowest BCUT2D eigenvalue weighted by atomic mass is 9.94. The van der Waals surface area contributed by atoms with Crippen LogP contribution in [0.25, 0.3) is 111 Å². The molecule has 0 amide bonds. The Hall–Kier alpha value is -7.63. The third kappa shape index (κ3) is 5.45. The third-order valence-corrected chi connectivity index (χ3v) is 10.6. The van der Waals surface area contributed by atoms with Gasteiger partial charge in [-0.15, -0.1) is 0 Å². The number of hydrogen-bond acceptors (Lipinski definition) is 5.